The quantitative estimate of drug-likeness (QED) is 0.544. The fourth-order valence-electron chi connectivity index (χ4n) is 3.71. The summed E-state index contributed by atoms with van der Waals surface area (Å²) in [6.45, 7) is 1.75. The molecule has 0 saturated carbocycles. The first-order valence-electron chi connectivity index (χ1n) is 10.4. The molecule has 0 spiro atoms. The number of sulfonamides is 1. The number of anilines is 3. The lowest BCUT2D eigenvalue weighted by atomic mass is 10.2. The van der Waals surface area contributed by atoms with Crippen molar-refractivity contribution in [3.05, 3.63) is 84.2 Å². The van der Waals surface area contributed by atoms with E-state index in [0.29, 0.717) is 5.69 Å². The molecule has 7 nitrogen and oxygen atoms in total. The maximum atomic E-state index is 13.9. The monoisotopic (exact) mass is 469 g/mol. The van der Waals surface area contributed by atoms with Crippen LogP contribution in [0.1, 0.15) is 16.8 Å². The fourth-order valence-corrected chi connectivity index (χ4v) is 4.84. The summed E-state index contributed by atoms with van der Waals surface area (Å²) in [6.07, 6.45) is 1.21. The number of methoxy groups -OCH3 is 1. The number of amides is 1. The zero-order chi connectivity index (χ0) is 23.4. The van der Waals surface area contributed by atoms with Gasteiger partial charge in [-0.2, -0.15) is 0 Å². The van der Waals surface area contributed by atoms with Crippen molar-refractivity contribution in [3.8, 4) is 0 Å². The SMILES string of the molecule is COC1CCN(c2ccc(NC(=O)c3cccc(NS(=O)(=O)c4ccccc4F)c3)cc2)C1. The van der Waals surface area contributed by atoms with Gasteiger partial charge in [-0.3, -0.25) is 9.52 Å². The Kier molecular flexibility index (Phi) is 6.62. The third-order valence-electron chi connectivity index (χ3n) is 5.47. The van der Waals surface area contributed by atoms with Crippen LogP contribution in [0, 0.1) is 5.82 Å². The zero-order valence-corrected chi connectivity index (χ0v) is 18.8. The lowest BCUT2D eigenvalue weighted by Crippen LogP contribution is -2.22. The van der Waals surface area contributed by atoms with Gasteiger partial charge in [0.15, 0.2) is 0 Å². The molecule has 33 heavy (non-hydrogen) atoms. The van der Waals surface area contributed by atoms with Crippen LogP contribution in [0.3, 0.4) is 0 Å². The molecular weight excluding hydrogens is 445 g/mol. The van der Waals surface area contributed by atoms with Gasteiger partial charge in [-0.05, 0) is 61.0 Å². The van der Waals surface area contributed by atoms with Gasteiger partial charge in [0, 0.05) is 42.8 Å². The van der Waals surface area contributed by atoms with Crippen molar-refractivity contribution in [1.29, 1.82) is 0 Å². The molecule has 1 unspecified atom stereocenters. The minimum Gasteiger partial charge on any atom is -0.380 e. The second-order valence-corrected chi connectivity index (χ2v) is 9.36. The second-order valence-electron chi connectivity index (χ2n) is 7.71. The van der Waals surface area contributed by atoms with Crippen LogP contribution >= 0.6 is 0 Å². The third kappa shape index (κ3) is 5.32. The normalized spacial score (nSPS) is 15.9. The number of hydrogen-bond acceptors (Lipinski definition) is 5. The van der Waals surface area contributed by atoms with Crippen LogP contribution in [-0.2, 0) is 14.8 Å². The minimum atomic E-state index is -4.13. The molecule has 0 aliphatic carbocycles. The summed E-state index contributed by atoms with van der Waals surface area (Å²) in [5.41, 5.74) is 2.08. The zero-order valence-electron chi connectivity index (χ0n) is 18.0. The molecule has 3 aromatic rings. The molecule has 9 heteroatoms. The molecule has 1 aliphatic rings. The Morgan fingerprint density at radius 2 is 1.79 bits per heavy atom. The van der Waals surface area contributed by atoms with Gasteiger partial charge >= 0.3 is 0 Å². The van der Waals surface area contributed by atoms with Crippen LogP contribution in [0.5, 0.6) is 0 Å². The molecule has 4 rings (SSSR count). The van der Waals surface area contributed by atoms with Crippen molar-refractivity contribution >= 4 is 33.0 Å². The standard InChI is InChI=1S/C24H24FN3O4S/c1-32-21-13-14-28(16-21)20-11-9-18(10-12-20)26-24(29)17-5-4-6-19(15-17)27-33(30,31)23-8-3-2-7-22(23)25/h2-12,15,21,27H,13-14,16H2,1H3,(H,26,29). The Labute approximate surface area is 192 Å². The molecular formula is C24H24FN3O4S. The van der Waals surface area contributed by atoms with Crippen molar-refractivity contribution in [2.24, 2.45) is 0 Å². The van der Waals surface area contributed by atoms with E-state index in [2.05, 4.69) is 14.9 Å². The third-order valence-corrected chi connectivity index (χ3v) is 6.89. The smallest absolute Gasteiger partial charge is 0.264 e. The predicted octanol–water partition coefficient (Wildman–Crippen LogP) is 4.10. The van der Waals surface area contributed by atoms with Crippen LogP contribution < -0.4 is 14.9 Å². The topological polar surface area (TPSA) is 87.7 Å². The summed E-state index contributed by atoms with van der Waals surface area (Å²) in [5.74, 6) is -1.25. The Bertz CT molecular complexity index is 1250. The molecule has 1 amide bonds. The molecule has 1 atom stereocenters. The van der Waals surface area contributed by atoms with Crippen LogP contribution in [0.15, 0.2) is 77.7 Å². The number of benzene rings is 3. The first-order chi connectivity index (χ1) is 15.9. The molecule has 0 radical (unpaired) electrons. The van der Waals surface area contributed by atoms with E-state index in [4.69, 9.17) is 4.74 Å². The van der Waals surface area contributed by atoms with E-state index in [9.17, 15) is 17.6 Å². The predicted molar refractivity (Wildman–Crippen MR) is 126 cm³/mol. The molecule has 1 aliphatic heterocycles. The summed E-state index contributed by atoms with van der Waals surface area (Å²) < 4.78 is 46.6. The highest BCUT2D eigenvalue weighted by Crippen LogP contribution is 2.24. The van der Waals surface area contributed by atoms with Crippen LogP contribution in [0.4, 0.5) is 21.5 Å². The first-order valence-corrected chi connectivity index (χ1v) is 11.9. The minimum absolute atomic E-state index is 0.156. The first kappa shape index (κ1) is 22.8. The van der Waals surface area contributed by atoms with Crippen molar-refractivity contribution < 1.29 is 22.3 Å². The summed E-state index contributed by atoms with van der Waals surface area (Å²) >= 11 is 0. The number of ether oxygens (including phenoxy) is 1. The van der Waals surface area contributed by atoms with Gasteiger partial charge in [0.25, 0.3) is 15.9 Å². The van der Waals surface area contributed by atoms with E-state index in [-0.39, 0.29) is 17.4 Å². The van der Waals surface area contributed by atoms with Crippen molar-refractivity contribution in [1.82, 2.24) is 0 Å². The van der Waals surface area contributed by atoms with E-state index >= 15 is 0 Å². The van der Waals surface area contributed by atoms with Gasteiger partial charge in [0.05, 0.1) is 6.10 Å². The number of rotatable bonds is 7. The number of carbonyl (C=O) groups excluding carboxylic acids is 1. The largest absolute Gasteiger partial charge is 0.380 e. The lowest BCUT2D eigenvalue weighted by molar-refractivity contribution is 0.102. The second kappa shape index (κ2) is 9.60. The Hall–Kier alpha value is -3.43. The summed E-state index contributed by atoms with van der Waals surface area (Å²) in [5, 5.41) is 2.81. The molecule has 1 heterocycles. The van der Waals surface area contributed by atoms with Crippen molar-refractivity contribution in [3.63, 3.8) is 0 Å². The molecule has 0 bridgehead atoms. The van der Waals surface area contributed by atoms with Crippen molar-refractivity contribution in [2.75, 3.05) is 35.1 Å². The van der Waals surface area contributed by atoms with Crippen LogP contribution in [0.25, 0.3) is 0 Å². The number of nitrogens with one attached hydrogen (secondary N) is 2. The van der Waals surface area contributed by atoms with E-state index in [1.54, 1.807) is 19.2 Å². The van der Waals surface area contributed by atoms with E-state index in [1.165, 1.54) is 30.3 Å². The maximum Gasteiger partial charge on any atom is 0.264 e. The number of halogens is 1. The highest BCUT2D eigenvalue weighted by atomic mass is 32.2. The Balaban J connectivity index is 1.43. The summed E-state index contributed by atoms with van der Waals surface area (Å²) in [4.78, 5) is 14.5. The molecule has 1 saturated heterocycles. The summed E-state index contributed by atoms with van der Waals surface area (Å²) in [6, 6.07) is 18.6. The number of carbonyl (C=O) groups is 1. The van der Waals surface area contributed by atoms with Gasteiger partial charge in [0.2, 0.25) is 0 Å². The van der Waals surface area contributed by atoms with Gasteiger partial charge in [-0.15, -0.1) is 0 Å². The van der Waals surface area contributed by atoms with E-state index in [0.717, 1.165) is 31.3 Å². The maximum absolute atomic E-state index is 13.9. The lowest BCUT2D eigenvalue weighted by Gasteiger charge is -2.18. The van der Waals surface area contributed by atoms with Gasteiger partial charge < -0.3 is 15.0 Å². The molecule has 172 valence electrons. The fraction of sp³-hybridized carbons (Fsp3) is 0.208. The molecule has 3 aromatic carbocycles. The molecule has 2 N–H and O–H groups in total. The Morgan fingerprint density at radius 1 is 1.03 bits per heavy atom. The number of hydrogen-bond donors (Lipinski definition) is 2. The van der Waals surface area contributed by atoms with Crippen LogP contribution in [0.2, 0.25) is 0 Å². The number of nitrogens with zero attached hydrogens (tertiary/aromatic N) is 1. The highest BCUT2D eigenvalue weighted by Gasteiger charge is 2.22. The molecule has 1 fully saturated rings. The average molecular weight is 470 g/mol. The highest BCUT2D eigenvalue weighted by molar-refractivity contribution is 7.92. The molecule has 0 aromatic heterocycles. The van der Waals surface area contributed by atoms with Crippen molar-refractivity contribution in [2.45, 2.75) is 17.4 Å². The van der Waals surface area contributed by atoms with Gasteiger partial charge in [0.1, 0.15) is 10.7 Å². The van der Waals surface area contributed by atoms with Crippen LogP contribution in [-0.4, -0.2) is 40.6 Å². The summed E-state index contributed by atoms with van der Waals surface area (Å²) in [7, 11) is -2.42. The van der Waals surface area contributed by atoms with Gasteiger partial charge in [-0.25, -0.2) is 12.8 Å². The van der Waals surface area contributed by atoms with E-state index in [1.807, 2.05) is 24.3 Å². The average Bonchev–Trinajstić information content (AvgIpc) is 3.29. The van der Waals surface area contributed by atoms with Gasteiger partial charge in [-0.1, -0.05) is 18.2 Å². The van der Waals surface area contributed by atoms with E-state index < -0.39 is 26.6 Å². The Morgan fingerprint density at radius 3 is 2.48 bits per heavy atom.